The van der Waals surface area contributed by atoms with Crippen LogP contribution in [-0.4, -0.2) is 10.2 Å². The second kappa shape index (κ2) is 6.84. The average Bonchev–Trinajstić information content (AvgIpc) is 3.18. The summed E-state index contributed by atoms with van der Waals surface area (Å²) in [5.41, 5.74) is 5.44. The Bertz CT molecular complexity index is 1040. The van der Waals surface area contributed by atoms with E-state index >= 15 is 0 Å². The highest BCUT2D eigenvalue weighted by Crippen LogP contribution is 2.36. The first kappa shape index (κ1) is 17.2. The fraction of sp³-hybridized carbons (Fsp3) is 0.167. The minimum absolute atomic E-state index is 0.0616. The maximum absolute atomic E-state index is 6.02. The van der Waals surface area contributed by atoms with Crippen LogP contribution in [0.1, 0.15) is 26.3 Å². The van der Waals surface area contributed by atoms with Gasteiger partial charge >= 0.3 is 0 Å². The molecule has 4 rings (SSSR count). The Kier molecular flexibility index (Phi) is 4.36. The van der Waals surface area contributed by atoms with Crippen LogP contribution in [0.5, 0.6) is 0 Å². The number of nitrogens with zero attached hydrogens (tertiary/aromatic N) is 2. The third kappa shape index (κ3) is 3.54. The highest BCUT2D eigenvalue weighted by molar-refractivity contribution is 5.81. The lowest BCUT2D eigenvalue weighted by Crippen LogP contribution is -2.11. The molecule has 0 N–H and O–H groups in total. The Balaban J connectivity index is 1.85. The van der Waals surface area contributed by atoms with Crippen LogP contribution < -0.4 is 0 Å². The van der Waals surface area contributed by atoms with Gasteiger partial charge in [0.05, 0.1) is 0 Å². The third-order valence-electron chi connectivity index (χ3n) is 4.65. The summed E-state index contributed by atoms with van der Waals surface area (Å²) < 4.78 is 6.02. The Morgan fingerprint density at radius 3 is 1.85 bits per heavy atom. The molecule has 0 aliphatic rings. The standard InChI is InChI=1S/C24H22N2O/c1-24(2,3)19-14-15-20(21(16-19)17-10-6-4-7-11-17)23-26-25-22(27-23)18-12-8-5-9-13-18/h4-16H,1-3H3. The van der Waals surface area contributed by atoms with E-state index in [4.69, 9.17) is 4.42 Å². The molecule has 3 aromatic carbocycles. The highest BCUT2D eigenvalue weighted by atomic mass is 16.4. The van der Waals surface area contributed by atoms with E-state index in [0.29, 0.717) is 11.8 Å². The fourth-order valence-corrected chi connectivity index (χ4v) is 3.08. The molecular weight excluding hydrogens is 332 g/mol. The molecule has 3 nitrogen and oxygen atoms in total. The zero-order valence-corrected chi connectivity index (χ0v) is 15.8. The Morgan fingerprint density at radius 1 is 0.630 bits per heavy atom. The summed E-state index contributed by atoms with van der Waals surface area (Å²) in [5, 5.41) is 8.58. The lowest BCUT2D eigenvalue weighted by atomic mass is 9.84. The molecule has 27 heavy (non-hydrogen) atoms. The van der Waals surface area contributed by atoms with Crippen molar-refractivity contribution < 1.29 is 4.42 Å². The molecule has 0 unspecified atom stereocenters. The Labute approximate surface area is 159 Å². The van der Waals surface area contributed by atoms with Crippen molar-refractivity contribution in [2.24, 2.45) is 0 Å². The third-order valence-corrected chi connectivity index (χ3v) is 4.65. The molecule has 0 bridgehead atoms. The normalized spacial score (nSPS) is 11.5. The summed E-state index contributed by atoms with van der Waals surface area (Å²) in [6, 6.07) is 26.7. The van der Waals surface area contributed by atoms with Gasteiger partial charge in [0.2, 0.25) is 11.8 Å². The molecule has 0 atom stereocenters. The predicted molar refractivity (Wildman–Crippen MR) is 109 cm³/mol. The van der Waals surface area contributed by atoms with E-state index < -0.39 is 0 Å². The molecule has 3 heteroatoms. The van der Waals surface area contributed by atoms with Gasteiger partial charge in [0.15, 0.2) is 0 Å². The molecule has 0 fully saturated rings. The van der Waals surface area contributed by atoms with E-state index in [0.717, 1.165) is 22.3 Å². The van der Waals surface area contributed by atoms with Gasteiger partial charge in [-0.25, -0.2) is 0 Å². The molecule has 4 aromatic rings. The van der Waals surface area contributed by atoms with E-state index in [1.165, 1.54) is 5.56 Å². The topological polar surface area (TPSA) is 38.9 Å². The summed E-state index contributed by atoms with van der Waals surface area (Å²) >= 11 is 0. The maximum Gasteiger partial charge on any atom is 0.248 e. The minimum Gasteiger partial charge on any atom is -0.416 e. The number of rotatable bonds is 3. The van der Waals surface area contributed by atoms with E-state index in [9.17, 15) is 0 Å². The quantitative estimate of drug-likeness (QED) is 0.429. The smallest absolute Gasteiger partial charge is 0.248 e. The summed E-state index contributed by atoms with van der Waals surface area (Å²) in [6.07, 6.45) is 0. The van der Waals surface area contributed by atoms with Crippen molar-refractivity contribution in [3.8, 4) is 34.0 Å². The number of hydrogen-bond donors (Lipinski definition) is 0. The van der Waals surface area contributed by atoms with Crippen molar-refractivity contribution in [2.75, 3.05) is 0 Å². The molecule has 134 valence electrons. The second-order valence-electron chi connectivity index (χ2n) is 7.65. The van der Waals surface area contributed by atoms with Crippen LogP contribution in [0.3, 0.4) is 0 Å². The van der Waals surface area contributed by atoms with Gasteiger partial charge in [-0.05, 0) is 46.4 Å². The molecule has 0 radical (unpaired) electrons. The largest absolute Gasteiger partial charge is 0.416 e. The van der Waals surface area contributed by atoms with Gasteiger partial charge in [0.25, 0.3) is 0 Å². The molecule has 0 amide bonds. The summed E-state index contributed by atoms with van der Waals surface area (Å²) in [7, 11) is 0. The molecule has 0 saturated heterocycles. The minimum atomic E-state index is 0.0616. The van der Waals surface area contributed by atoms with Gasteiger partial charge < -0.3 is 4.42 Å². The van der Waals surface area contributed by atoms with Crippen LogP contribution in [0.15, 0.2) is 83.3 Å². The van der Waals surface area contributed by atoms with Gasteiger partial charge in [-0.2, -0.15) is 0 Å². The van der Waals surface area contributed by atoms with Gasteiger partial charge in [-0.1, -0.05) is 75.4 Å². The van der Waals surface area contributed by atoms with Crippen LogP contribution >= 0.6 is 0 Å². The van der Waals surface area contributed by atoms with Gasteiger partial charge in [-0.3, -0.25) is 0 Å². The van der Waals surface area contributed by atoms with Gasteiger partial charge in [-0.15, -0.1) is 10.2 Å². The highest BCUT2D eigenvalue weighted by Gasteiger charge is 2.19. The predicted octanol–water partition coefficient (Wildman–Crippen LogP) is 6.37. The van der Waals surface area contributed by atoms with Crippen LogP contribution in [0.4, 0.5) is 0 Å². The molecule has 0 saturated carbocycles. The van der Waals surface area contributed by atoms with E-state index in [1.54, 1.807) is 0 Å². The number of benzene rings is 3. The summed E-state index contributed by atoms with van der Waals surface area (Å²) in [5.74, 6) is 1.07. The lowest BCUT2D eigenvalue weighted by Gasteiger charge is -2.21. The van der Waals surface area contributed by atoms with Gasteiger partial charge in [0, 0.05) is 11.1 Å². The van der Waals surface area contributed by atoms with Crippen molar-refractivity contribution in [3.05, 3.63) is 84.4 Å². The maximum atomic E-state index is 6.02. The zero-order valence-electron chi connectivity index (χ0n) is 15.8. The fourth-order valence-electron chi connectivity index (χ4n) is 3.08. The van der Waals surface area contributed by atoms with E-state index in [-0.39, 0.29) is 5.41 Å². The van der Waals surface area contributed by atoms with E-state index in [1.807, 2.05) is 48.5 Å². The number of hydrogen-bond acceptors (Lipinski definition) is 3. The average molecular weight is 354 g/mol. The molecular formula is C24H22N2O. The Hall–Kier alpha value is -3.20. The van der Waals surface area contributed by atoms with Crippen molar-refractivity contribution in [1.82, 2.24) is 10.2 Å². The van der Waals surface area contributed by atoms with Crippen molar-refractivity contribution in [1.29, 1.82) is 0 Å². The van der Waals surface area contributed by atoms with Crippen LogP contribution in [0.2, 0.25) is 0 Å². The second-order valence-corrected chi connectivity index (χ2v) is 7.65. The van der Waals surface area contributed by atoms with Crippen molar-refractivity contribution >= 4 is 0 Å². The number of aromatic nitrogens is 2. The first-order valence-electron chi connectivity index (χ1n) is 9.11. The lowest BCUT2D eigenvalue weighted by molar-refractivity contribution is 0.582. The zero-order chi connectivity index (χ0) is 18.9. The van der Waals surface area contributed by atoms with Crippen LogP contribution in [0.25, 0.3) is 34.0 Å². The SMILES string of the molecule is CC(C)(C)c1ccc(-c2nnc(-c3ccccc3)o2)c(-c2ccccc2)c1. The van der Waals surface area contributed by atoms with Crippen molar-refractivity contribution in [2.45, 2.75) is 26.2 Å². The van der Waals surface area contributed by atoms with Gasteiger partial charge in [0.1, 0.15) is 0 Å². The first-order chi connectivity index (χ1) is 13.0. The Morgan fingerprint density at radius 2 is 1.22 bits per heavy atom. The van der Waals surface area contributed by atoms with Crippen LogP contribution in [-0.2, 0) is 5.41 Å². The van der Waals surface area contributed by atoms with Crippen molar-refractivity contribution in [3.63, 3.8) is 0 Å². The molecule has 0 spiro atoms. The van der Waals surface area contributed by atoms with Crippen LogP contribution in [0, 0.1) is 0 Å². The molecule has 1 heterocycles. The summed E-state index contributed by atoms with van der Waals surface area (Å²) in [6.45, 7) is 6.66. The summed E-state index contributed by atoms with van der Waals surface area (Å²) in [4.78, 5) is 0. The first-order valence-corrected chi connectivity index (χ1v) is 9.11. The molecule has 1 aromatic heterocycles. The van der Waals surface area contributed by atoms with E-state index in [2.05, 4.69) is 61.3 Å². The molecule has 0 aliphatic heterocycles. The monoisotopic (exact) mass is 354 g/mol. The molecule has 0 aliphatic carbocycles.